The van der Waals surface area contributed by atoms with Crippen LogP contribution in [0.2, 0.25) is 5.02 Å². The van der Waals surface area contributed by atoms with E-state index in [-0.39, 0.29) is 0 Å². The van der Waals surface area contributed by atoms with Crippen molar-refractivity contribution in [3.05, 3.63) is 76.6 Å². The summed E-state index contributed by atoms with van der Waals surface area (Å²) < 4.78 is 2.48. The number of pyridine rings is 1. The number of nitrogens with one attached hydrogen (secondary N) is 1. The SMILES string of the molecule is Clc1ccc2c(c1)c1c(n2CCc2cnc3ccccc3c2)CCNC1. The minimum absolute atomic E-state index is 0.807. The monoisotopic (exact) mass is 361 g/mol. The maximum absolute atomic E-state index is 6.26. The molecule has 4 aromatic rings. The summed E-state index contributed by atoms with van der Waals surface area (Å²) in [5.41, 5.74) is 6.49. The molecule has 3 nitrogen and oxygen atoms in total. The zero-order chi connectivity index (χ0) is 17.5. The van der Waals surface area contributed by atoms with Crippen LogP contribution in [-0.4, -0.2) is 16.1 Å². The second-order valence-electron chi connectivity index (χ2n) is 6.95. The number of fused-ring (bicyclic) bond motifs is 4. The number of para-hydroxylation sites is 1. The van der Waals surface area contributed by atoms with E-state index in [4.69, 9.17) is 11.6 Å². The molecule has 0 atom stereocenters. The first-order chi connectivity index (χ1) is 12.8. The molecule has 1 aliphatic rings. The molecule has 0 saturated heterocycles. The third kappa shape index (κ3) is 2.68. The van der Waals surface area contributed by atoms with Gasteiger partial charge in [0, 0.05) is 59.3 Å². The van der Waals surface area contributed by atoms with Crippen molar-refractivity contribution in [1.82, 2.24) is 14.9 Å². The Morgan fingerprint density at radius 2 is 2.04 bits per heavy atom. The zero-order valence-corrected chi connectivity index (χ0v) is 15.3. The van der Waals surface area contributed by atoms with Crippen molar-refractivity contribution in [3.63, 3.8) is 0 Å². The van der Waals surface area contributed by atoms with Crippen LogP contribution in [0.15, 0.2) is 54.7 Å². The fourth-order valence-electron chi connectivity index (χ4n) is 4.10. The van der Waals surface area contributed by atoms with Crippen LogP contribution in [0, 0.1) is 0 Å². The molecule has 0 radical (unpaired) electrons. The largest absolute Gasteiger partial charge is 0.344 e. The van der Waals surface area contributed by atoms with E-state index >= 15 is 0 Å². The van der Waals surface area contributed by atoms with Gasteiger partial charge in [0.15, 0.2) is 0 Å². The number of hydrogen-bond donors (Lipinski definition) is 1. The molecule has 4 heteroatoms. The average Bonchev–Trinajstić information content (AvgIpc) is 2.99. The number of aryl methyl sites for hydroxylation is 2. The third-order valence-electron chi connectivity index (χ3n) is 5.36. The Balaban J connectivity index is 1.52. The van der Waals surface area contributed by atoms with E-state index in [0.29, 0.717) is 0 Å². The Hall–Kier alpha value is -2.36. The summed E-state index contributed by atoms with van der Waals surface area (Å²) >= 11 is 6.26. The fourth-order valence-corrected chi connectivity index (χ4v) is 4.27. The van der Waals surface area contributed by atoms with E-state index in [1.807, 2.05) is 18.3 Å². The Bertz CT molecular complexity index is 1110. The van der Waals surface area contributed by atoms with Gasteiger partial charge in [0.2, 0.25) is 0 Å². The second kappa shape index (κ2) is 6.42. The maximum atomic E-state index is 6.26. The van der Waals surface area contributed by atoms with Gasteiger partial charge in [-0.1, -0.05) is 29.8 Å². The van der Waals surface area contributed by atoms with E-state index in [1.54, 1.807) is 0 Å². The highest BCUT2D eigenvalue weighted by Crippen LogP contribution is 2.31. The van der Waals surface area contributed by atoms with E-state index < -0.39 is 0 Å². The van der Waals surface area contributed by atoms with Gasteiger partial charge >= 0.3 is 0 Å². The minimum atomic E-state index is 0.807. The molecule has 130 valence electrons. The van der Waals surface area contributed by atoms with E-state index in [2.05, 4.69) is 51.3 Å². The zero-order valence-electron chi connectivity index (χ0n) is 14.5. The first-order valence-corrected chi connectivity index (χ1v) is 9.51. The van der Waals surface area contributed by atoms with Crippen molar-refractivity contribution in [2.45, 2.75) is 25.9 Å². The van der Waals surface area contributed by atoms with Crippen LogP contribution in [0.5, 0.6) is 0 Å². The van der Waals surface area contributed by atoms with Gasteiger partial charge in [0.1, 0.15) is 0 Å². The molecule has 2 aromatic carbocycles. The predicted octanol–water partition coefficient (Wildman–Crippen LogP) is 4.73. The number of rotatable bonds is 3. The normalized spacial score (nSPS) is 14.0. The Morgan fingerprint density at radius 3 is 3.00 bits per heavy atom. The smallest absolute Gasteiger partial charge is 0.0702 e. The summed E-state index contributed by atoms with van der Waals surface area (Å²) in [4.78, 5) is 4.61. The van der Waals surface area contributed by atoms with Crippen molar-refractivity contribution in [1.29, 1.82) is 0 Å². The molecule has 2 aromatic heterocycles. The molecular formula is C22H20ClN3. The lowest BCUT2D eigenvalue weighted by molar-refractivity contribution is 0.594. The van der Waals surface area contributed by atoms with Gasteiger partial charge in [0.25, 0.3) is 0 Å². The number of halogens is 1. The fraction of sp³-hybridized carbons (Fsp3) is 0.227. The molecule has 26 heavy (non-hydrogen) atoms. The van der Waals surface area contributed by atoms with Crippen LogP contribution < -0.4 is 5.32 Å². The first-order valence-electron chi connectivity index (χ1n) is 9.13. The van der Waals surface area contributed by atoms with Crippen molar-refractivity contribution in [3.8, 4) is 0 Å². The van der Waals surface area contributed by atoms with E-state index in [9.17, 15) is 0 Å². The number of nitrogens with zero attached hydrogens (tertiary/aromatic N) is 2. The molecule has 0 unspecified atom stereocenters. The highest BCUT2D eigenvalue weighted by Gasteiger charge is 2.19. The lowest BCUT2D eigenvalue weighted by atomic mass is 10.1. The maximum Gasteiger partial charge on any atom is 0.0702 e. The van der Waals surface area contributed by atoms with Crippen molar-refractivity contribution in [2.24, 2.45) is 0 Å². The molecule has 0 fully saturated rings. The van der Waals surface area contributed by atoms with E-state index in [1.165, 1.54) is 33.1 Å². The van der Waals surface area contributed by atoms with E-state index in [0.717, 1.165) is 43.0 Å². The molecule has 0 spiro atoms. The summed E-state index contributed by atoms with van der Waals surface area (Å²) in [6.07, 6.45) is 4.06. The van der Waals surface area contributed by atoms with Crippen LogP contribution >= 0.6 is 11.6 Å². The number of hydrogen-bond acceptors (Lipinski definition) is 2. The van der Waals surface area contributed by atoms with Gasteiger partial charge in [-0.2, -0.15) is 0 Å². The van der Waals surface area contributed by atoms with Gasteiger partial charge in [-0.15, -0.1) is 0 Å². The Morgan fingerprint density at radius 1 is 1.12 bits per heavy atom. The van der Waals surface area contributed by atoms with Crippen molar-refractivity contribution < 1.29 is 0 Å². The average molecular weight is 362 g/mol. The lowest BCUT2D eigenvalue weighted by Crippen LogP contribution is -2.24. The molecule has 0 saturated carbocycles. The summed E-state index contributed by atoms with van der Waals surface area (Å²) in [6, 6.07) is 16.8. The highest BCUT2D eigenvalue weighted by atomic mass is 35.5. The molecule has 3 heterocycles. The van der Waals surface area contributed by atoms with Gasteiger partial charge in [0.05, 0.1) is 5.52 Å². The standard InChI is InChI=1S/C22H20ClN3/c23-17-5-6-21-18(12-17)19-14-24-9-7-22(19)26(21)10-8-15-11-16-3-1-2-4-20(16)25-13-15/h1-6,11-13,24H,7-10,14H2. The van der Waals surface area contributed by atoms with Gasteiger partial charge in [-0.05, 0) is 47.9 Å². The molecule has 1 N–H and O–H groups in total. The summed E-state index contributed by atoms with van der Waals surface area (Å²) in [5, 5.41) is 6.80. The molecule has 1 aliphatic heterocycles. The summed E-state index contributed by atoms with van der Waals surface area (Å²) in [6.45, 7) is 2.93. The van der Waals surface area contributed by atoms with Crippen LogP contribution in [0.4, 0.5) is 0 Å². The molecule has 5 rings (SSSR count). The molecular weight excluding hydrogens is 342 g/mol. The van der Waals surface area contributed by atoms with Gasteiger partial charge in [-0.25, -0.2) is 0 Å². The first kappa shape index (κ1) is 15.9. The predicted molar refractivity (Wildman–Crippen MR) is 108 cm³/mol. The van der Waals surface area contributed by atoms with Crippen molar-refractivity contribution in [2.75, 3.05) is 6.54 Å². The summed E-state index contributed by atoms with van der Waals surface area (Å²) in [5.74, 6) is 0. The lowest BCUT2D eigenvalue weighted by Gasteiger charge is -2.17. The van der Waals surface area contributed by atoms with Crippen LogP contribution in [0.25, 0.3) is 21.8 Å². The topological polar surface area (TPSA) is 29.9 Å². The summed E-state index contributed by atoms with van der Waals surface area (Å²) in [7, 11) is 0. The molecule has 0 bridgehead atoms. The van der Waals surface area contributed by atoms with Gasteiger partial charge < -0.3 is 9.88 Å². The Kier molecular flexibility index (Phi) is 3.92. The second-order valence-corrected chi connectivity index (χ2v) is 7.39. The molecule has 0 aliphatic carbocycles. The minimum Gasteiger partial charge on any atom is -0.344 e. The van der Waals surface area contributed by atoms with Crippen LogP contribution in [0.3, 0.4) is 0 Å². The van der Waals surface area contributed by atoms with Gasteiger partial charge in [-0.3, -0.25) is 4.98 Å². The number of aromatic nitrogens is 2. The Labute approximate surface area is 157 Å². The highest BCUT2D eigenvalue weighted by molar-refractivity contribution is 6.31. The van der Waals surface area contributed by atoms with Crippen molar-refractivity contribution >= 4 is 33.4 Å². The quantitative estimate of drug-likeness (QED) is 0.571. The number of benzene rings is 2. The third-order valence-corrected chi connectivity index (χ3v) is 5.60. The van der Waals surface area contributed by atoms with Crippen LogP contribution in [0.1, 0.15) is 16.8 Å². The molecule has 0 amide bonds. The van der Waals surface area contributed by atoms with Crippen LogP contribution in [-0.2, 0) is 25.9 Å².